The summed E-state index contributed by atoms with van der Waals surface area (Å²) in [5, 5.41) is 0. The number of ether oxygens (including phenoxy) is 1. The highest BCUT2D eigenvalue weighted by Crippen LogP contribution is 2.68. The van der Waals surface area contributed by atoms with E-state index in [0.29, 0.717) is 28.9 Å². The van der Waals surface area contributed by atoms with Crippen molar-refractivity contribution < 1.29 is 9.53 Å². The molecule has 4 saturated carbocycles. The van der Waals surface area contributed by atoms with Gasteiger partial charge in [0, 0.05) is 0 Å². The lowest BCUT2D eigenvalue weighted by Gasteiger charge is -2.61. The smallest absolute Gasteiger partial charge is 0.338 e. The molecule has 4 unspecified atom stereocenters. The van der Waals surface area contributed by atoms with Gasteiger partial charge in [-0.3, -0.25) is 0 Å². The van der Waals surface area contributed by atoms with Crippen LogP contribution in [0, 0.1) is 46.3 Å². The van der Waals surface area contributed by atoms with E-state index >= 15 is 0 Å². The Bertz CT molecular complexity index is 802. The van der Waals surface area contributed by atoms with Gasteiger partial charge in [-0.1, -0.05) is 51.8 Å². The van der Waals surface area contributed by atoms with E-state index in [1.165, 1.54) is 64.2 Å². The van der Waals surface area contributed by atoms with Gasteiger partial charge in [-0.25, -0.2) is 4.79 Å². The summed E-state index contributed by atoms with van der Waals surface area (Å²) in [6.45, 7) is 8.32. The van der Waals surface area contributed by atoms with E-state index in [1.807, 2.05) is 30.3 Å². The lowest BCUT2D eigenvalue weighted by atomic mass is 9.44. The van der Waals surface area contributed by atoms with Gasteiger partial charge in [-0.05, 0) is 116 Å². The number of fused-ring (bicyclic) bond motifs is 5. The summed E-state index contributed by atoms with van der Waals surface area (Å²) in [4.78, 5) is 12.3. The fraction of sp³-hybridized carbons (Fsp3) is 0.767. The molecule has 1 aromatic rings. The van der Waals surface area contributed by atoms with Crippen LogP contribution in [0.15, 0.2) is 30.3 Å². The van der Waals surface area contributed by atoms with Crippen molar-refractivity contribution in [3.8, 4) is 0 Å². The predicted molar refractivity (Wildman–Crippen MR) is 130 cm³/mol. The van der Waals surface area contributed by atoms with Crippen molar-refractivity contribution in [1.82, 2.24) is 0 Å². The first kappa shape index (κ1) is 22.5. The fourth-order valence-corrected chi connectivity index (χ4v) is 9.47. The number of esters is 1. The van der Waals surface area contributed by atoms with Gasteiger partial charge in [0.05, 0.1) is 12.2 Å². The van der Waals surface area contributed by atoms with E-state index < -0.39 is 0 Å². The third-order valence-electron chi connectivity index (χ3n) is 11.2. The van der Waals surface area contributed by atoms with E-state index in [9.17, 15) is 4.79 Å². The van der Waals surface area contributed by atoms with Crippen molar-refractivity contribution in [3.63, 3.8) is 0 Å². The van der Waals surface area contributed by atoms with Crippen LogP contribution in [0.4, 0.5) is 0 Å². The molecule has 0 saturated heterocycles. The molecule has 32 heavy (non-hydrogen) atoms. The molecule has 4 fully saturated rings. The van der Waals surface area contributed by atoms with Gasteiger partial charge in [-0.15, -0.1) is 0 Å². The highest BCUT2D eigenvalue weighted by atomic mass is 16.5. The Kier molecular flexibility index (Phi) is 6.18. The molecule has 0 radical (unpaired) electrons. The molecule has 4 aliphatic rings. The maximum absolute atomic E-state index is 12.3. The molecule has 0 N–H and O–H groups in total. The van der Waals surface area contributed by atoms with Crippen LogP contribution in [-0.4, -0.2) is 12.6 Å². The van der Waals surface area contributed by atoms with E-state index in [1.54, 1.807) is 0 Å². The molecule has 176 valence electrons. The number of carbonyl (C=O) groups excluding carboxylic acids is 1. The first-order valence-electron chi connectivity index (χ1n) is 13.7. The Balaban J connectivity index is 1.21. The molecule has 2 heteroatoms. The van der Waals surface area contributed by atoms with Crippen molar-refractivity contribution in [2.75, 3.05) is 6.61 Å². The average Bonchev–Trinajstić information content (AvgIpc) is 3.16. The Morgan fingerprint density at radius 2 is 1.72 bits per heavy atom. The van der Waals surface area contributed by atoms with Gasteiger partial charge < -0.3 is 4.74 Å². The van der Waals surface area contributed by atoms with E-state index in [2.05, 4.69) is 20.8 Å². The quantitative estimate of drug-likeness (QED) is 0.438. The third kappa shape index (κ3) is 3.74. The Hall–Kier alpha value is -1.31. The second-order valence-corrected chi connectivity index (χ2v) is 12.4. The Labute approximate surface area is 195 Å². The molecule has 0 heterocycles. The average molecular weight is 437 g/mol. The molecular formula is C30H44O2. The van der Waals surface area contributed by atoms with E-state index in [-0.39, 0.29) is 5.97 Å². The maximum Gasteiger partial charge on any atom is 0.338 e. The van der Waals surface area contributed by atoms with Crippen LogP contribution in [0.25, 0.3) is 0 Å². The number of hydrogen-bond donors (Lipinski definition) is 0. The summed E-state index contributed by atoms with van der Waals surface area (Å²) in [7, 11) is 0. The zero-order valence-corrected chi connectivity index (χ0v) is 20.7. The molecule has 8 atom stereocenters. The molecular weight excluding hydrogens is 392 g/mol. The molecule has 0 spiro atoms. The van der Waals surface area contributed by atoms with Crippen molar-refractivity contribution in [2.45, 2.75) is 91.4 Å². The van der Waals surface area contributed by atoms with Crippen molar-refractivity contribution in [1.29, 1.82) is 0 Å². The molecule has 0 bridgehead atoms. The number of rotatable bonds is 5. The Morgan fingerprint density at radius 1 is 0.938 bits per heavy atom. The lowest BCUT2D eigenvalue weighted by Crippen LogP contribution is -2.53. The molecule has 2 nitrogen and oxygen atoms in total. The summed E-state index contributed by atoms with van der Waals surface area (Å²) in [6.07, 6.45) is 15.7. The topological polar surface area (TPSA) is 26.3 Å². The molecule has 4 aliphatic carbocycles. The lowest BCUT2D eigenvalue weighted by molar-refractivity contribution is -0.114. The molecule has 0 aromatic heterocycles. The maximum atomic E-state index is 12.3. The SMILES string of the molecule is C[C@H](CCOC(=O)c1ccccc1)[C@H]1CCC2C3CCC4CCCC[C@]4(C)C3CC[C@@]21C. The predicted octanol–water partition coefficient (Wildman–Crippen LogP) is 7.92. The fourth-order valence-electron chi connectivity index (χ4n) is 9.47. The van der Waals surface area contributed by atoms with Crippen molar-refractivity contribution in [3.05, 3.63) is 35.9 Å². The molecule has 0 amide bonds. The summed E-state index contributed by atoms with van der Waals surface area (Å²) in [5.41, 5.74) is 1.80. The van der Waals surface area contributed by atoms with Crippen LogP contribution < -0.4 is 0 Å². The third-order valence-corrected chi connectivity index (χ3v) is 11.2. The van der Waals surface area contributed by atoms with Crippen LogP contribution in [0.5, 0.6) is 0 Å². The molecule has 5 rings (SSSR count). The zero-order chi connectivity index (χ0) is 22.3. The van der Waals surface area contributed by atoms with Gasteiger partial charge in [0.15, 0.2) is 0 Å². The number of carbonyl (C=O) groups is 1. The van der Waals surface area contributed by atoms with Crippen molar-refractivity contribution >= 4 is 5.97 Å². The number of benzene rings is 1. The minimum absolute atomic E-state index is 0.175. The monoisotopic (exact) mass is 436 g/mol. The van der Waals surface area contributed by atoms with Gasteiger partial charge in [0.2, 0.25) is 0 Å². The molecule has 1 aromatic carbocycles. The largest absolute Gasteiger partial charge is 0.462 e. The van der Waals surface area contributed by atoms with Crippen LogP contribution in [-0.2, 0) is 4.74 Å². The number of hydrogen-bond acceptors (Lipinski definition) is 2. The van der Waals surface area contributed by atoms with Crippen LogP contribution >= 0.6 is 0 Å². The Morgan fingerprint density at radius 3 is 2.53 bits per heavy atom. The van der Waals surface area contributed by atoms with Gasteiger partial charge in [0.1, 0.15) is 0 Å². The molecule has 0 aliphatic heterocycles. The second-order valence-electron chi connectivity index (χ2n) is 12.4. The highest BCUT2D eigenvalue weighted by molar-refractivity contribution is 5.89. The standard InChI is InChI=1S/C30H44O2/c1-21(17-20-32-28(31)22-9-5-4-6-10-22)25-14-15-26-24-13-12-23-11-7-8-18-29(23,2)27(24)16-19-30(25,26)3/h4-6,9-10,21,23-27H,7-8,11-20H2,1-3H3/t21-,23?,24?,25-,26?,27?,29+,30-/m1/s1. The van der Waals surface area contributed by atoms with Crippen LogP contribution in [0.3, 0.4) is 0 Å². The van der Waals surface area contributed by atoms with Gasteiger partial charge in [-0.2, -0.15) is 0 Å². The van der Waals surface area contributed by atoms with Gasteiger partial charge >= 0.3 is 5.97 Å². The zero-order valence-electron chi connectivity index (χ0n) is 20.7. The van der Waals surface area contributed by atoms with Crippen LogP contribution in [0.2, 0.25) is 0 Å². The van der Waals surface area contributed by atoms with Crippen LogP contribution in [0.1, 0.15) is 102 Å². The van der Waals surface area contributed by atoms with Gasteiger partial charge in [0.25, 0.3) is 0 Å². The second kappa shape index (κ2) is 8.80. The summed E-state index contributed by atoms with van der Waals surface area (Å²) in [6, 6.07) is 9.42. The van der Waals surface area contributed by atoms with Crippen molar-refractivity contribution in [2.24, 2.45) is 46.3 Å². The minimum Gasteiger partial charge on any atom is -0.462 e. The highest BCUT2D eigenvalue weighted by Gasteiger charge is 2.60. The summed E-state index contributed by atoms with van der Waals surface area (Å²) in [5.74, 6) is 5.15. The first-order valence-corrected chi connectivity index (χ1v) is 13.7. The first-order chi connectivity index (χ1) is 15.4. The summed E-state index contributed by atoms with van der Waals surface area (Å²) < 4.78 is 5.65. The van der Waals surface area contributed by atoms with E-state index in [0.717, 1.165) is 36.0 Å². The van der Waals surface area contributed by atoms with E-state index in [4.69, 9.17) is 4.74 Å². The summed E-state index contributed by atoms with van der Waals surface area (Å²) >= 11 is 0. The normalized spacial score (nSPS) is 41.8. The minimum atomic E-state index is -0.175.